The van der Waals surface area contributed by atoms with Crippen LogP contribution in [0.4, 0.5) is 24.8 Å². The number of nitrogens with zero attached hydrogens (tertiary/aromatic N) is 7. The number of hydrogen-bond acceptors (Lipinski definition) is 7. The van der Waals surface area contributed by atoms with Crippen LogP contribution in [0.15, 0.2) is 54.7 Å². The molecule has 0 bridgehead atoms. The summed E-state index contributed by atoms with van der Waals surface area (Å²) >= 11 is 0. The maximum atomic E-state index is 13.6. The molecule has 1 atom stereocenters. The Bertz CT molecular complexity index is 1410. The first-order chi connectivity index (χ1) is 18.4. The van der Waals surface area contributed by atoms with Crippen LogP contribution in [-0.4, -0.2) is 54.0 Å². The zero-order valence-corrected chi connectivity index (χ0v) is 20.7. The van der Waals surface area contributed by atoms with Crippen LogP contribution in [0.2, 0.25) is 0 Å². The van der Waals surface area contributed by atoms with Crippen molar-refractivity contribution in [2.75, 3.05) is 18.4 Å². The highest BCUT2D eigenvalue weighted by atomic mass is 19.4. The van der Waals surface area contributed by atoms with Crippen molar-refractivity contribution in [3.05, 3.63) is 71.7 Å². The molecule has 1 aromatic carbocycles. The van der Waals surface area contributed by atoms with E-state index in [-0.39, 0.29) is 11.8 Å². The molecule has 0 spiro atoms. The van der Waals surface area contributed by atoms with E-state index in [0.29, 0.717) is 23.1 Å². The lowest BCUT2D eigenvalue weighted by atomic mass is 10.0. The first kappa shape index (κ1) is 24.5. The van der Waals surface area contributed by atoms with Crippen LogP contribution in [0.5, 0.6) is 0 Å². The van der Waals surface area contributed by atoms with Crippen molar-refractivity contribution in [2.45, 2.75) is 50.7 Å². The first-order valence-electron chi connectivity index (χ1n) is 12.9. The number of likely N-dealkylation sites (tertiary alicyclic amines) is 1. The molecule has 4 heterocycles. The number of anilines is 2. The van der Waals surface area contributed by atoms with Crippen LogP contribution in [0.3, 0.4) is 0 Å². The number of aromatic nitrogens is 6. The average Bonchev–Trinajstić information content (AvgIpc) is 3.56. The minimum absolute atomic E-state index is 0.0652. The third-order valence-electron chi connectivity index (χ3n) is 7.26. The molecule has 1 N–H and O–H groups in total. The topological polar surface area (TPSA) is 84.7 Å². The second kappa shape index (κ2) is 10.1. The summed E-state index contributed by atoms with van der Waals surface area (Å²) in [4.78, 5) is 10.9. The maximum absolute atomic E-state index is 13.6. The number of alkyl halides is 3. The first-order valence-corrected chi connectivity index (χ1v) is 12.9. The number of rotatable bonds is 5. The van der Waals surface area contributed by atoms with Crippen molar-refractivity contribution in [1.29, 1.82) is 0 Å². The zero-order valence-electron chi connectivity index (χ0n) is 20.7. The Labute approximate surface area is 218 Å². The van der Waals surface area contributed by atoms with Gasteiger partial charge >= 0.3 is 6.18 Å². The summed E-state index contributed by atoms with van der Waals surface area (Å²) in [6.07, 6.45) is 3.54. The van der Waals surface area contributed by atoms with E-state index in [2.05, 4.69) is 41.5 Å². The fraction of sp³-hybridized carbons (Fsp3) is 0.370. The quantitative estimate of drug-likeness (QED) is 0.361. The molecule has 0 radical (unpaired) electrons. The van der Waals surface area contributed by atoms with Crippen LogP contribution >= 0.6 is 0 Å². The molecular formula is C27H27F3N8. The molecule has 1 aliphatic carbocycles. The van der Waals surface area contributed by atoms with Crippen LogP contribution in [0.25, 0.3) is 17.2 Å². The molecule has 0 amide bonds. The average molecular weight is 521 g/mol. The summed E-state index contributed by atoms with van der Waals surface area (Å²) < 4.78 is 41.9. The molecule has 3 aromatic heterocycles. The molecule has 1 saturated heterocycles. The Kier molecular flexibility index (Phi) is 6.52. The molecule has 196 valence electrons. The van der Waals surface area contributed by atoms with Gasteiger partial charge in [0.25, 0.3) is 5.82 Å². The minimum atomic E-state index is -4.71. The molecule has 38 heavy (non-hydrogen) atoms. The molecule has 6 rings (SSSR count). The van der Waals surface area contributed by atoms with Gasteiger partial charge in [0.15, 0.2) is 5.82 Å². The maximum Gasteiger partial charge on any atom is 0.453 e. The molecule has 2 aliphatic rings. The molecule has 8 nitrogen and oxygen atoms in total. The van der Waals surface area contributed by atoms with Gasteiger partial charge in [-0.1, -0.05) is 12.1 Å². The van der Waals surface area contributed by atoms with Crippen LogP contribution in [0, 0.1) is 0 Å². The number of fused-ring (bicyclic) bond motifs is 1. The highest BCUT2D eigenvalue weighted by Crippen LogP contribution is 2.32. The summed E-state index contributed by atoms with van der Waals surface area (Å²) in [5.74, 6) is -1.12. The number of hydrogen-bond donors (Lipinski definition) is 1. The van der Waals surface area contributed by atoms with Gasteiger partial charge in [0, 0.05) is 17.9 Å². The van der Waals surface area contributed by atoms with Gasteiger partial charge < -0.3 is 10.2 Å². The highest BCUT2D eigenvalue weighted by molar-refractivity contribution is 5.59. The minimum Gasteiger partial charge on any atom is -0.324 e. The molecule has 1 unspecified atom stereocenters. The third kappa shape index (κ3) is 5.10. The predicted octanol–water partition coefficient (Wildman–Crippen LogP) is 5.22. The summed E-state index contributed by atoms with van der Waals surface area (Å²) in [6, 6.07) is 15.0. The van der Waals surface area contributed by atoms with E-state index in [1.807, 2.05) is 12.1 Å². The van der Waals surface area contributed by atoms with Crippen LogP contribution in [0.1, 0.15) is 42.6 Å². The van der Waals surface area contributed by atoms with Crippen molar-refractivity contribution >= 4 is 11.6 Å². The van der Waals surface area contributed by atoms with Crippen molar-refractivity contribution in [3.63, 3.8) is 0 Å². The Hall–Kier alpha value is -3.86. The Morgan fingerprint density at radius 1 is 0.868 bits per heavy atom. The molecule has 1 fully saturated rings. The monoisotopic (exact) mass is 520 g/mol. The van der Waals surface area contributed by atoms with Gasteiger partial charge in [0.2, 0.25) is 5.95 Å². The highest BCUT2D eigenvalue weighted by Gasteiger charge is 2.37. The van der Waals surface area contributed by atoms with Gasteiger partial charge in [-0.3, -0.25) is 0 Å². The molecule has 0 saturated carbocycles. The predicted molar refractivity (Wildman–Crippen MR) is 136 cm³/mol. The van der Waals surface area contributed by atoms with E-state index < -0.39 is 12.0 Å². The van der Waals surface area contributed by atoms with E-state index in [0.717, 1.165) is 30.4 Å². The van der Waals surface area contributed by atoms with Crippen molar-refractivity contribution in [1.82, 2.24) is 34.8 Å². The number of benzene rings is 1. The molecule has 1 aliphatic heterocycles. The van der Waals surface area contributed by atoms with Crippen LogP contribution < -0.4 is 5.32 Å². The lowest BCUT2D eigenvalue weighted by molar-refractivity contribution is -0.144. The zero-order chi connectivity index (χ0) is 26.1. The number of pyridine rings is 1. The molecule has 11 heteroatoms. The standard InChI is InChI=1S/C27H27F3N8/c28-27(29,30)25-34-26(38(36-25)24-7-3-5-22(33-24)23-6-4-14-31-35-23)32-20-11-8-18-9-12-21(13-10-19(18)17-20)37-15-1-2-16-37/h3-8,11,14,17,21H,1-2,9-10,12-13,15-16H2,(H,32,34,36). The Morgan fingerprint density at radius 3 is 2.42 bits per heavy atom. The SMILES string of the molecule is FC(F)(F)c1nc(Nc2ccc3c(c2)CCC(N2CCCC2)CC3)n(-c2cccc(-c3cccnn3)n2)n1. The Morgan fingerprint density at radius 2 is 1.66 bits per heavy atom. The van der Waals surface area contributed by atoms with Gasteiger partial charge in [-0.15, -0.1) is 10.2 Å². The smallest absolute Gasteiger partial charge is 0.324 e. The summed E-state index contributed by atoms with van der Waals surface area (Å²) in [7, 11) is 0. The van der Waals surface area contributed by atoms with Gasteiger partial charge in [-0.25, -0.2) is 4.98 Å². The van der Waals surface area contributed by atoms with Gasteiger partial charge in [0.1, 0.15) is 5.69 Å². The van der Waals surface area contributed by atoms with Crippen molar-refractivity contribution in [2.24, 2.45) is 0 Å². The second-order valence-electron chi connectivity index (χ2n) is 9.74. The van der Waals surface area contributed by atoms with Gasteiger partial charge in [-0.2, -0.15) is 27.9 Å². The fourth-order valence-corrected chi connectivity index (χ4v) is 5.36. The van der Waals surface area contributed by atoms with E-state index in [9.17, 15) is 13.2 Å². The van der Waals surface area contributed by atoms with E-state index in [4.69, 9.17) is 0 Å². The van der Waals surface area contributed by atoms with Crippen molar-refractivity contribution < 1.29 is 13.2 Å². The number of nitrogens with one attached hydrogen (secondary N) is 1. The normalized spacial score (nSPS) is 18.2. The fourth-order valence-electron chi connectivity index (χ4n) is 5.36. The lowest BCUT2D eigenvalue weighted by Gasteiger charge is -2.25. The molecular weight excluding hydrogens is 493 g/mol. The largest absolute Gasteiger partial charge is 0.453 e. The Balaban J connectivity index is 1.30. The lowest BCUT2D eigenvalue weighted by Crippen LogP contribution is -2.32. The third-order valence-corrected chi connectivity index (χ3v) is 7.26. The summed E-state index contributed by atoms with van der Waals surface area (Å²) in [5, 5.41) is 14.7. The summed E-state index contributed by atoms with van der Waals surface area (Å²) in [6.45, 7) is 2.36. The van der Waals surface area contributed by atoms with Crippen molar-refractivity contribution in [3.8, 4) is 17.2 Å². The van der Waals surface area contributed by atoms with Gasteiger partial charge in [-0.05, 0) is 99.1 Å². The van der Waals surface area contributed by atoms with E-state index in [1.165, 1.54) is 43.3 Å². The van der Waals surface area contributed by atoms with Crippen LogP contribution in [-0.2, 0) is 19.0 Å². The van der Waals surface area contributed by atoms with Gasteiger partial charge in [0.05, 0.1) is 5.69 Å². The van der Waals surface area contributed by atoms with E-state index in [1.54, 1.807) is 30.3 Å². The number of halogens is 3. The number of aryl methyl sites for hydroxylation is 2. The molecule has 4 aromatic rings. The van der Waals surface area contributed by atoms with E-state index >= 15 is 0 Å². The summed E-state index contributed by atoms with van der Waals surface area (Å²) in [5.41, 5.74) is 4.15. The second-order valence-corrected chi connectivity index (χ2v) is 9.74.